The van der Waals surface area contributed by atoms with Gasteiger partial charge in [0.2, 0.25) is 11.8 Å². The SMILES string of the molecule is CCOP(=O)(CC(=O)N(CCC(=O)c1cc(Cl)ccc1-n1cc(Cl)nn1)[C@H]1CCCCCNC(=O)[C@H]2CN(C(=O)OC(C)(C)C)CCN2c2cccc1c2)OCC. The number of benzene rings is 2. The number of carbonyl (C=O) groups is 4. The maximum atomic E-state index is 14.5. The van der Waals surface area contributed by atoms with Crippen LogP contribution in [0.3, 0.4) is 0 Å². The van der Waals surface area contributed by atoms with Gasteiger partial charge < -0.3 is 33.8 Å². The predicted octanol–water partition coefficient (Wildman–Crippen LogP) is 7.10. The van der Waals surface area contributed by atoms with Crippen LogP contribution in [-0.4, -0.2) is 112 Å². The Morgan fingerprint density at radius 1 is 1.02 bits per heavy atom. The molecule has 310 valence electrons. The minimum Gasteiger partial charge on any atom is -0.444 e. The first-order valence-electron chi connectivity index (χ1n) is 19.3. The number of rotatable bonds is 12. The molecule has 5 rings (SSSR count). The molecular weight excluding hydrogens is 796 g/mol. The molecule has 1 N–H and O–H groups in total. The minimum atomic E-state index is -3.84. The summed E-state index contributed by atoms with van der Waals surface area (Å²) in [5, 5.41) is 11.4. The van der Waals surface area contributed by atoms with Crippen LogP contribution in [0.5, 0.6) is 0 Å². The van der Waals surface area contributed by atoms with Gasteiger partial charge in [-0.05, 0) is 83.4 Å². The number of aromatic nitrogens is 3. The van der Waals surface area contributed by atoms with Gasteiger partial charge in [0.05, 0.1) is 37.7 Å². The molecular formula is C39H52Cl2N7O8P. The number of carbonyl (C=O) groups excluding carboxylic acids is 4. The largest absolute Gasteiger partial charge is 0.444 e. The lowest BCUT2D eigenvalue weighted by Gasteiger charge is -2.42. The molecule has 18 heteroatoms. The van der Waals surface area contributed by atoms with E-state index in [0.717, 1.165) is 17.7 Å². The number of hydrogen-bond acceptors (Lipinski definition) is 11. The van der Waals surface area contributed by atoms with E-state index in [1.165, 1.54) is 16.9 Å². The number of piperazine rings is 1. The van der Waals surface area contributed by atoms with Crippen LogP contribution in [0, 0.1) is 0 Å². The highest BCUT2D eigenvalue weighted by Crippen LogP contribution is 2.48. The Kier molecular flexibility index (Phi) is 15.2. The number of nitrogens with one attached hydrogen (secondary N) is 1. The number of anilines is 1. The number of hydrogen-bond donors (Lipinski definition) is 1. The summed E-state index contributed by atoms with van der Waals surface area (Å²) >= 11 is 12.4. The summed E-state index contributed by atoms with van der Waals surface area (Å²) in [6.45, 7) is 10.1. The van der Waals surface area contributed by atoms with Crippen molar-refractivity contribution in [3.05, 3.63) is 70.0 Å². The van der Waals surface area contributed by atoms with Crippen LogP contribution in [0.2, 0.25) is 10.2 Å². The number of ketones is 1. The quantitative estimate of drug-likeness (QED) is 0.146. The highest BCUT2D eigenvalue weighted by Gasteiger charge is 2.38. The maximum Gasteiger partial charge on any atom is 0.410 e. The summed E-state index contributed by atoms with van der Waals surface area (Å²) < 4.78 is 31.9. The first kappa shape index (κ1) is 44.1. The third kappa shape index (κ3) is 11.8. The van der Waals surface area contributed by atoms with E-state index in [-0.39, 0.29) is 55.1 Å². The maximum absolute atomic E-state index is 14.5. The third-order valence-corrected chi connectivity index (χ3v) is 12.0. The molecule has 1 saturated heterocycles. The lowest BCUT2D eigenvalue weighted by atomic mass is 9.96. The highest BCUT2D eigenvalue weighted by molar-refractivity contribution is 7.54. The molecule has 0 radical (unpaired) electrons. The molecule has 2 aliphatic rings. The van der Waals surface area contributed by atoms with Gasteiger partial charge in [-0.2, -0.15) is 0 Å². The Hall–Kier alpha value is -4.01. The van der Waals surface area contributed by atoms with Crippen LogP contribution >= 0.6 is 30.8 Å². The molecule has 0 saturated carbocycles. The molecule has 15 nitrogen and oxygen atoms in total. The number of Topliss-reactive ketones (excluding diaryl/α,β-unsaturated/α-hetero) is 1. The van der Waals surface area contributed by atoms with Crippen molar-refractivity contribution in [2.45, 2.75) is 84.4 Å². The Labute approximate surface area is 343 Å². The number of fused-ring (bicyclic) bond motifs is 4. The van der Waals surface area contributed by atoms with E-state index in [1.54, 1.807) is 56.6 Å². The Morgan fingerprint density at radius 3 is 2.46 bits per heavy atom. The first-order valence-corrected chi connectivity index (χ1v) is 21.8. The molecule has 0 aliphatic carbocycles. The normalized spacial score (nSPS) is 18.1. The van der Waals surface area contributed by atoms with E-state index in [0.29, 0.717) is 49.6 Å². The second-order valence-electron chi connectivity index (χ2n) is 14.9. The summed E-state index contributed by atoms with van der Waals surface area (Å²) in [5.41, 5.74) is 1.48. The topological polar surface area (TPSA) is 166 Å². The highest BCUT2D eigenvalue weighted by atomic mass is 35.5. The van der Waals surface area contributed by atoms with Crippen molar-refractivity contribution in [1.29, 1.82) is 0 Å². The molecule has 2 aromatic carbocycles. The smallest absolute Gasteiger partial charge is 0.410 e. The van der Waals surface area contributed by atoms with Gasteiger partial charge in [-0.3, -0.25) is 18.9 Å². The zero-order chi connectivity index (χ0) is 41.3. The molecule has 3 heterocycles. The number of nitrogens with zero attached hydrogens (tertiary/aromatic N) is 6. The van der Waals surface area contributed by atoms with E-state index >= 15 is 0 Å². The van der Waals surface area contributed by atoms with Gasteiger partial charge in [0, 0.05) is 48.9 Å². The molecule has 2 bridgehead atoms. The Bertz CT molecular complexity index is 1950. The fourth-order valence-corrected chi connectivity index (χ4v) is 8.93. The molecule has 3 aromatic rings. The fraction of sp³-hybridized carbons (Fsp3) is 0.538. The molecule has 57 heavy (non-hydrogen) atoms. The van der Waals surface area contributed by atoms with E-state index < -0.39 is 43.4 Å². The molecule has 2 atom stereocenters. The zero-order valence-electron chi connectivity index (χ0n) is 33.1. The molecule has 1 fully saturated rings. The first-order chi connectivity index (χ1) is 27.1. The lowest BCUT2D eigenvalue weighted by molar-refractivity contribution is -0.131. The minimum absolute atomic E-state index is 0.0356. The van der Waals surface area contributed by atoms with Crippen LogP contribution in [0.4, 0.5) is 10.5 Å². The van der Waals surface area contributed by atoms with Gasteiger partial charge >= 0.3 is 13.7 Å². The van der Waals surface area contributed by atoms with Gasteiger partial charge in [0.25, 0.3) is 0 Å². The van der Waals surface area contributed by atoms with Gasteiger partial charge in [0.1, 0.15) is 17.8 Å². The van der Waals surface area contributed by atoms with Crippen LogP contribution in [0.15, 0.2) is 48.7 Å². The van der Waals surface area contributed by atoms with Gasteiger partial charge in [-0.25, -0.2) is 9.48 Å². The second-order valence-corrected chi connectivity index (χ2v) is 17.8. The van der Waals surface area contributed by atoms with Crippen LogP contribution in [-0.2, 0) is 27.9 Å². The van der Waals surface area contributed by atoms with Gasteiger partial charge in [0.15, 0.2) is 10.9 Å². The van der Waals surface area contributed by atoms with Crippen molar-refractivity contribution < 1.29 is 37.5 Å². The standard InChI is InChI=1S/C39H52Cl2N7O8P/c1-6-54-57(53,55-7-2)26-36(50)47(19-17-34(49)30-23-28(40)15-16-32(30)48-25-35(41)43-44-48)31-14-9-8-10-18-42-37(51)33-24-45(38(52)56-39(3,4)5)20-21-46(33)29-13-11-12-27(31)22-29/h11-13,15-16,22-23,25,31,33H,6-10,14,17-21,24,26H2,1-5H3,(H,42,51)/t31-,33+/m0/s1. The summed E-state index contributed by atoms with van der Waals surface area (Å²) in [7, 11) is -3.84. The molecule has 0 spiro atoms. The van der Waals surface area contributed by atoms with Crippen molar-refractivity contribution >= 4 is 60.2 Å². The van der Waals surface area contributed by atoms with Crippen LogP contribution in [0.25, 0.3) is 5.69 Å². The summed E-state index contributed by atoms with van der Waals surface area (Å²) in [4.78, 5) is 60.5. The van der Waals surface area contributed by atoms with Gasteiger partial charge in [-0.15, -0.1) is 5.10 Å². The van der Waals surface area contributed by atoms with Crippen molar-refractivity contribution in [3.8, 4) is 5.69 Å². The lowest BCUT2D eigenvalue weighted by Crippen LogP contribution is -2.60. The van der Waals surface area contributed by atoms with Crippen molar-refractivity contribution in [3.63, 3.8) is 0 Å². The summed E-state index contributed by atoms with van der Waals surface area (Å²) in [5.74, 6) is -1.01. The Balaban J connectivity index is 1.51. The van der Waals surface area contributed by atoms with Crippen LogP contribution < -0.4 is 10.2 Å². The number of amides is 3. The van der Waals surface area contributed by atoms with Gasteiger partial charge in [-0.1, -0.05) is 53.4 Å². The van der Waals surface area contributed by atoms with Crippen LogP contribution in [0.1, 0.15) is 88.7 Å². The Morgan fingerprint density at radius 2 is 1.77 bits per heavy atom. The monoisotopic (exact) mass is 847 g/mol. The van der Waals surface area contributed by atoms with Crippen molar-refractivity contribution in [2.24, 2.45) is 0 Å². The van der Waals surface area contributed by atoms with E-state index in [9.17, 15) is 23.7 Å². The molecule has 0 unspecified atom stereocenters. The zero-order valence-corrected chi connectivity index (χ0v) is 35.5. The average molecular weight is 849 g/mol. The van der Waals surface area contributed by atoms with E-state index in [1.807, 2.05) is 29.2 Å². The van der Waals surface area contributed by atoms with E-state index in [4.69, 9.17) is 37.0 Å². The summed E-state index contributed by atoms with van der Waals surface area (Å²) in [6, 6.07) is 11.2. The molecule has 1 aromatic heterocycles. The summed E-state index contributed by atoms with van der Waals surface area (Å²) in [6.07, 6.45) is 2.97. The third-order valence-electron chi connectivity index (χ3n) is 9.60. The van der Waals surface area contributed by atoms with Crippen molar-refractivity contribution in [1.82, 2.24) is 30.1 Å². The average Bonchev–Trinajstić information content (AvgIpc) is 3.59. The number of halogens is 2. The number of ether oxygens (including phenoxy) is 1. The predicted molar refractivity (Wildman–Crippen MR) is 217 cm³/mol. The second kappa shape index (κ2) is 19.6. The fourth-order valence-electron chi connectivity index (χ4n) is 7.07. The molecule has 3 amide bonds. The van der Waals surface area contributed by atoms with Crippen molar-refractivity contribution in [2.75, 3.05) is 57.0 Å². The molecule has 2 aliphatic heterocycles. The van der Waals surface area contributed by atoms with E-state index in [2.05, 4.69) is 15.6 Å².